The number of pyridine rings is 1. The molecule has 2 aromatic heterocycles. The molecule has 0 aliphatic rings. The minimum Gasteiger partial charge on any atom is -0.493 e. The number of azo groups is 1. The van der Waals surface area contributed by atoms with E-state index in [2.05, 4.69) is 24.9 Å². The van der Waals surface area contributed by atoms with Crippen molar-refractivity contribution < 1.29 is 18.4 Å². The first kappa shape index (κ1) is 21.1. The molecule has 0 spiro atoms. The van der Waals surface area contributed by atoms with Crippen molar-refractivity contribution in [1.82, 2.24) is 14.7 Å². The maximum atomic E-state index is 12.7. The molecule has 0 aliphatic heterocycles. The van der Waals surface area contributed by atoms with E-state index in [0.717, 1.165) is 0 Å². The number of nitro groups is 1. The van der Waals surface area contributed by atoms with Gasteiger partial charge in [0.05, 0.1) is 15.3 Å². The third-order valence-electron chi connectivity index (χ3n) is 4.56. The zero-order chi connectivity index (χ0) is 22.7. The largest absolute Gasteiger partial charge is 0.493 e. The van der Waals surface area contributed by atoms with Crippen LogP contribution in [0, 0.1) is 10.1 Å². The molecule has 0 radical (unpaired) electrons. The molecule has 0 unspecified atom stereocenters. The monoisotopic (exact) mass is 452 g/mol. The minimum atomic E-state index is -3.88. The zero-order valence-corrected chi connectivity index (χ0v) is 17.2. The molecule has 4 rings (SSSR count). The molecule has 12 heteroatoms. The average Bonchev–Trinajstić information content (AvgIpc) is 3.11. The predicted molar refractivity (Wildman–Crippen MR) is 115 cm³/mol. The van der Waals surface area contributed by atoms with Crippen LogP contribution in [0.1, 0.15) is 5.56 Å². The van der Waals surface area contributed by atoms with Gasteiger partial charge in [-0.3, -0.25) is 15.1 Å². The first-order chi connectivity index (χ1) is 15.3. The Labute approximate surface area is 181 Å². The van der Waals surface area contributed by atoms with Crippen molar-refractivity contribution in [3.63, 3.8) is 0 Å². The summed E-state index contributed by atoms with van der Waals surface area (Å²) >= 11 is 0. The van der Waals surface area contributed by atoms with Gasteiger partial charge in [-0.05, 0) is 35.9 Å². The Morgan fingerprint density at radius 2 is 1.94 bits per heavy atom. The van der Waals surface area contributed by atoms with Crippen molar-refractivity contribution in [2.75, 3.05) is 0 Å². The molecule has 0 bridgehead atoms. The van der Waals surface area contributed by atoms with Crippen molar-refractivity contribution in [1.29, 1.82) is 0 Å². The van der Waals surface area contributed by atoms with Crippen LogP contribution in [0.4, 0.5) is 17.1 Å². The van der Waals surface area contributed by atoms with Gasteiger partial charge >= 0.3 is 0 Å². The van der Waals surface area contributed by atoms with Crippen LogP contribution in [0.15, 0.2) is 82.1 Å². The van der Waals surface area contributed by atoms with Crippen LogP contribution >= 0.6 is 0 Å². The fourth-order valence-corrected chi connectivity index (χ4v) is 4.03. The highest BCUT2D eigenvalue weighted by Crippen LogP contribution is 2.38. The standard InChI is InChI=1S/C20H16N6O5S/c27-20-19(25-24-17-5-1-2-6-18(17)26(28)29)15-10-14(7-8-16(15)23-20)32(30,31)22-12-13-4-3-9-21-11-13/h1-11,22-23,27H,12H2. The van der Waals surface area contributed by atoms with E-state index >= 15 is 0 Å². The van der Waals surface area contributed by atoms with Crippen molar-refractivity contribution in [2.24, 2.45) is 10.2 Å². The number of nitrogens with one attached hydrogen (secondary N) is 2. The number of benzene rings is 2. The summed E-state index contributed by atoms with van der Waals surface area (Å²) in [5.74, 6) is -0.347. The number of aromatic nitrogens is 2. The van der Waals surface area contributed by atoms with E-state index < -0.39 is 14.9 Å². The molecule has 0 saturated carbocycles. The van der Waals surface area contributed by atoms with Gasteiger partial charge in [0.25, 0.3) is 5.69 Å². The van der Waals surface area contributed by atoms with Gasteiger partial charge in [-0.25, -0.2) is 13.1 Å². The molecule has 0 atom stereocenters. The Morgan fingerprint density at radius 3 is 2.69 bits per heavy atom. The van der Waals surface area contributed by atoms with E-state index in [1.807, 2.05) is 0 Å². The molecule has 0 saturated heterocycles. The highest BCUT2D eigenvalue weighted by atomic mass is 32.2. The predicted octanol–water partition coefficient (Wildman–Crippen LogP) is 4.07. The number of sulfonamides is 1. The van der Waals surface area contributed by atoms with Crippen molar-refractivity contribution in [3.05, 3.63) is 82.7 Å². The molecule has 2 heterocycles. The van der Waals surface area contributed by atoms with E-state index in [1.165, 1.54) is 36.4 Å². The normalized spacial score (nSPS) is 11.9. The molecule has 0 aliphatic carbocycles. The van der Waals surface area contributed by atoms with E-state index in [9.17, 15) is 23.6 Å². The molecule has 2 aromatic carbocycles. The maximum Gasteiger partial charge on any atom is 0.296 e. The van der Waals surface area contributed by atoms with Gasteiger partial charge in [0.15, 0.2) is 11.4 Å². The quantitative estimate of drug-likeness (QED) is 0.217. The van der Waals surface area contributed by atoms with Crippen LogP contribution < -0.4 is 4.72 Å². The summed E-state index contributed by atoms with van der Waals surface area (Å²) < 4.78 is 28.0. The summed E-state index contributed by atoms with van der Waals surface area (Å²) in [6.07, 6.45) is 3.14. The maximum absolute atomic E-state index is 12.7. The summed E-state index contributed by atoms with van der Waals surface area (Å²) in [6.45, 7) is 0.0524. The fourth-order valence-electron chi connectivity index (χ4n) is 2.98. The van der Waals surface area contributed by atoms with Crippen molar-refractivity contribution in [2.45, 2.75) is 11.4 Å². The van der Waals surface area contributed by atoms with E-state index in [4.69, 9.17) is 0 Å². The zero-order valence-electron chi connectivity index (χ0n) is 16.3. The van der Waals surface area contributed by atoms with Gasteiger partial charge in [-0.2, -0.15) is 0 Å². The van der Waals surface area contributed by atoms with Gasteiger partial charge in [-0.15, -0.1) is 10.2 Å². The minimum absolute atomic E-state index is 0.00633. The van der Waals surface area contributed by atoms with Crippen molar-refractivity contribution >= 4 is 38.0 Å². The molecule has 162 valence electrons. The topological polar surface area (TPSA) is 163 Å². The molecule has 3 N–H and O–H groups in total. The lowest BCUT2D eigenvalue weighted by atomic mass is 10.2. The van der Waals surface area contributed by atoms with Crippen LogP contribution in [0.3, 0.4) is 0 Å². The van der Waals surface area contributed by atoms with E-state index in [-0.39, 0.29) is 39.8 Å². The van der Waals surface area contributed by atoms with Crippen molar-refractivity contribution in [3.8, 4) is 5.88 Å². The number of para-hydroxylation sites is 1. The molecule has 0 fully saturated rings. The van der Waals surface area contributed by atoms with Gasteiger partial charge < -0.3 is 10.1 Å². The molecule has 11 nitrogen and oxygen atoms in total. The first-order valence-electron chi connectivity index (χ1n) is 9.23. The summed E-state index contributed by atoms with van der Waals surface area (Å²) in [7, 11) is -3.88. The van der Waals surface area contributed by atoms with E-state index in [0.29, 0.717) is 11.1 Å². The molecule has 32 heavy (non-hydrogen) atoms. The van der Waals surface area contributed by atoms with Gasteiger partial charge in [0.1, 0.15) is 0 Å². The SMILES string of the molecule is O=[N+]([O-])c1ccccc1N=Nc1c(O)[nH]c2ccc(S(=O)(=O)NCc3cccnc3)cc12. The van der Waals surface area contributed by atoms with Crippen LogP contribution in [-0.4, -0.2) is 28.4 Å². The lowest BCUT2D eigenvalue weighted by Crippen LogP contribution is -2.23. The highest BCUT2D eigenvalue weighted by Gasteiger charge is 2.19. The van der Waals surface area contributed by atoms with E-state index in [1.54, 1.807) is 30.6 Å². The Bertz CT molecular complexity index is 1430. The third-order valence-corrected chi connectivity index (χ3v) is 5.96. The average molecular weight is 452 g/mol. The second-order valence-electron chi connectivity index (χ2n) is 6.66. The third kappa shape index (κ3) is 4.31. The number of rotatable bonds is 7. The summed E-state index contributed by atoms with van der Waals surface area (Å²) in [6, 6.07) is 13.4. The second-order valence-corrected chi connectivity index (χ2v) is 8.43. The molecule has 4 aromatic rings. The summed E-state index contributed by atoms with van der Waals surface area (Å²) in [5.41, 5.74) is 0.815. The molecule has 0 amide bonds. The fraction of sp³-hybridized carbons (Fsp3) is 0.0500. The second kappa shape index (κ2) is 8.53. The Balaban J connectivity index is 1.68. The number of H-pyrrole nitrogens is 1. The van der Waals surface area contributed by atoms with Crippen LogP contribution in [0.5, 0.6) is 5.88 Å². The lowest BCUT2D eigenvalue weighted by Gasteiger charge is -2.07. The Kier molecular flexibility index (Phi) is 5.62. The van der Waals surface area contributed by atoms with Gasteiger partial charge in [0, 0.05) is 30.4 Å². The number of hydrogen-bond acceptors (Lipinski definition) is 8. The number of aromatic amines is 1. The molecular formula is C20H16N6O5S. The van der Waals surface area contributed by atoms with Gasteiger partial charge in [0.2, 0.25) is 15.9 Å². The number of fused-ring (bicyclic) bond motifs is 1. The Morgan fingerprint density at radius 1 is 1.12 bits per heavy atom. The lowest BCUT2D eigenvalue weighted by molar-refractivity contribution is -0.384. The van der Waals surface area contributed by atoms with Gasteiger partial charge in [-0.1, -0.05) is 18.2 Å². The summed E-state index contributed by atoms with van der Waals surface area (Å²) in [5, 5.41) is 29.5. The van der Waals surface area contributed by atoms with Crippen LogP contribution in [0.2, 0.25) is 0 Å². The Hall–Kier alpha value is -4.16. The van der Waals surface area contributed by atoms with Crippen LogP contribution in [-0.2, 0) is 16.6 Å². The number of nitrogens with zero attached hydrogens (tertiary/aromatic N) is 4. The highest BCUT2D eigenvalue weighted by molar-refractivity contribution is 7.89. The number of aromatic hydroxyl groups is 1. The summed E-state index contributed by atoms with van der Waals surface area (Å²) in [4.78, 5) is 17.1. The first-order valence-corrected chi connectivity index (χ1v) is 10.7. The molecular weight excluding hydrogens is 436 g/mol. The smallest absolute Gasteiger partial charge is 0.296 e. The van der Waals surface area contributed by atoms with Crippen LogP contribution in [0.25, 0.3) is 10.9 Å². The number of nitro benzene ring substituents is 1. The number of hydrogen-bond donors (Lipinski definition) is 3.